The van der Waals surface area contributed by atoms with Crippen molar-refractivity contribution in [2.24, 2.45) is 23.7 Å². The Kier molecular flexibility index (Phi) is 19.2. The molecule has 3 aliphatic heterocycles. The van der Waals surface area contributed by atoms with Gasteiger partial charge in [0, 0.05) is 60.0 Å². The maximum absolute atomic E-state index is 14.6. The number of amides is 2. The Hall–Kier alpha value is -4.13. The lowest BCUT2D eigenvalue weighted by atomic mass is 9.74. The fourth-order valence-corrected chi connectivity index (χ4v) is 11.3. The summed E-state index contributed by atoms with van der Waals surface area (Å²) in [5.74, 6) is -4.94. The molecule has 20 nitrogen and oxygen atoms in total. The van der Waals surface area contributed by atoms with Crippen LogP contribution in [0.1, 0.15) is 105 Å². The van der Waals surface area contributed by atoms with E-state index in [-0.39, 0.29) is 42.8 Å². The Labute approximate surface area is 442 Å². The van der Waals surface area contributed by atoms with Gasteiger partial charge in [-0.15, -0.1) is 0 Å². The summed E-state index contributed by atoms with van der Waals surface area (Å²) in [6.45, 7) is 16.7. The molecule has 0 spiro atoms. The number of methoxy groups -OCH3 is 2. The zero-order chi connectivity index (χ0) is 54.8. The molecule has 6 N–H and O–H groups in total. The maximum Gasteiger partial charge on any atom is 0.426 e. The van der Waals surface area contributed by atoms with Crippen molar-refractivity contribution in [1.29, 1.82) is 0 Å². The van der Waals surface area contributed by atoms with E-state index < -0.39 is 114 Å². The SMILES string of the molecule is CC[C@H]1OC(=O)[C@H](C)[C@@H](O[C@H]2C[C@@](C)(OC)[C@@H](OC(=O)NNC(=O)c3ccc4nc(-c5ccc(Br)cc5)[nH]c4c3)[C@H](C)O2)[C@H](C)[C@@H](O[C@@H]2O[C@H](C)C[C@H](N(C)C)[C@H]2O)[C@@](C)(OC)C[C@@H](C)C(=O)[C@H](C)[C@@H](O)[C@]1(C)O. The summed E-state index contributed by atoms with van der Waals surface area (Å²) >= 11 is 3.44. The van der Waals surface area contributed by atoms with E-state index in [1.807, 2.05) is 50.2 Å². The minimum absolute atomic E-state index is 0.0443. The quantitative estimate of drug-likeness (QED) is 0.0976. The van der Waals surface area contributed by atoms with E-state index in [1.54, 1.807) is 66.7 Å². The van der Waals surface area contributed by atoms with Gasteiger partial charge in [0.2, 0.25) is 0 Å². The number of aliphatic hydroxyl groups is 3. The number of esters is 1. The van der Waals surface area contributed by atoms with Crippen LogP contribution in [0.5, 0.6) is 0 Å². The van der Waals surface area contributed by atoms with E-state index in [9.17, 15) is 34.5 Å². The standard InChI is InChI=1S/C53H78BrN5O15/c1-15-38-53(10,66)43(62)28(4)40(60)26(2)24-51(8,67-13)44(73-49-41(61)37(59(11)12)22-27(3)69-49)29(5)42(30(6)48(64)71-38)72-39-25-52(9,68-14)45(31(7)70-39)74-50(65)58-57-47(63)33-18-21-35-36(23-33)56-46(55-35)32-16-19-34(54)20-17-32/h16-21,23,26-31,37-39,41-45,49,61-62,66H,15,22,24-25H2,1-14H3,(H,55,56)(H,57,63)(H,58,65)/t26-,27-,28+,29+,30-,31+,37+,38-,39+,41-,42+,43-,44-,45+,49+,51+,52-,53-/m1/s1. The molecule has 0 bridgehead atoms. The first-order valence-electron chi connectivity index (χ1n) is 25.4. The van der Waals surface area contributed by atoms with Crippen LogP contribution >= 0.6 is 15.9 Å². The number of carbonyl (C=O) groups is 4. The number of fused-ring (bicyclic) bond motifs is 1. The van der Waals surface area contributed by atoms with Crippen LogP contribution in [0.3, 0.4) is 0 Å². The van der Waals surface area contributed by atoms with Crippen molar-refractivity contribution in [1.82, 2.24) is 25.7 Å². The van der Waals surface area contributed by atoms with Gasteiger partial charge in [-0.25, -0.2) is 15.2 Å². The molecule has 18 atom stereocenters. The number of cyclic esters (lactones) is 1. The van der Waals surface area contributed by atoms with E-state index in [2.05, 4.69) is 36.7 Å². The predicted molar refractivity (Wildman–Crippen MR) is 275 cm³/mol. The molecule has 0 aliphatic carbocycles. The highest BCUT2D eigenvalue weighted by Crippen LogP contribution is 2.42. The van der Waals surface area contributed by atoms with Crippen molar-refractivity contribution in [3.63, 3.8) is 0 Å². The molecular formula is C53H78BrN5O15. The van der Waals surface area contributed by atoms with Crippen LogP contribution in [0.15, 0.2) is 46.9 Å². The number of halogens is 1. The average Bonchev–Trinajstić information content (AvgIpc) is 3.80. The highest BCUT2D eigenvalue weighted by atomic mass is 79.9. The molecule has 2 aromatic carbocycles. The Morgan fingerprint density at radius 1 is 0.892 bits per heavy atom. The first kappa shape index (κ1) is 59.1. The van der Waals surface area contributed by atoms with Crippen molar-refractivity contribution in [2.45, 2.75) is 179 Å². The van der Waals surface area contributed by atoms with Crippen molar-refractivity contribution < 1.29 is 72.4 Å². The third-order valence-electron chi connectivity index (χ3n) is 15.6. The van der Waals surface area contributed by atoms with Crippen LogP contribution in [-0.4, -0.2) is 167 Å². The lowest BCUT2D eigenvalue weighted by Crippen LogP contribution is -2.62. The molecule has 2 amide bonds. The number of carbonyl (C=O) groups excluding carboxylic acids is 4. The smallest absolute Gasteiger partial charge is 0.426 e. The molecule has 0 radical (unpaired) electrons. The van der Waals surface area contributed by atoms with Crippen LogP contribution in [0.25, 0.3) is 22.4 Å². The molecular weight excluding hydrogens is 1030 g/mol. The summed E-state index contributed by atoms with van der Waals surface area (Å²) in [4.78, 5) is 65.3. The third-order valence-corrected chi connectivity index (χ3v) is 16.1. The van der Waals surface area contributed by atoms with Crippen LogP contribution in [-0.2, 0) is 47.5 Å². The number of nitrogens with one attached hydrogen (secondary N) is 3. The first-order valence-corrected chi connectivity index (χ1v) is 26.2. The van der Waals surface area contributed by atoms with E-state index >= 15 is 0 Å². The molecule has 74 heavy (non-hydrogen) atoms. The number of imidazole rings is 1. The van der Waals surface area contributed by atoms with Crippen molar-refractivity contribution >= 4 is 50.7 Å². The molecule has 0 unspecified atom stereocenters. The Morgan fingerprint density at radius 3 is 2.16 bits per heavy atom. The Bertz CT molecular complexity index is 2420. The molecule has 3 aromatic rings. The number of hydrazine groups is 1. The van der Waals surface area contributed by atoms with Crippen LogP contribution in [0.4, 0.5) is 4.79 Å². The van der Waals surface area contributed by atoms with E-state index in [1.165, 1.54) is 28.1 Å². The number of ether oxygens (including phenoxy) is 8. The number of benzene rings is 2. The summed E-state index contributed by atoms with van der Waals surface area (Å²) in [6, 6.07) is 12.2. The van der Waals surface area contributed by atoms with Gasteiger partial charge in [0.1, 0.15) is 35.0 Å². The molecule has 3 saturated heterocycles. The van der Waals surface area contributed by atoms with Gasteiger partial charge in [0.05, 0.1) is 53.1 Å². The number of hydrogen-bond donors (Lipinski definition) is 6. The molecule has 6 rings (SSSR count). The second kappa shape index (κ2) is 24.0. The first-order chi connectivity index (χ1) is 34.7. The Morgan fingerprint density at radius 2 is 1.54 bits per heavy atom. The molecule has 3 aliphatic rings. The number of Topliss-reactive ketones (excluding diaryl/α,β-unsaturated/α-hetero) is 1. The zero-order valence-corrected chi connectivity index (χ0v) is 46.6. The summed E-state index contributed by atoms with van der Waals surface area (Å²) in [5.41, 5.74) is 2.42. The number of hydrogen-bond acceptors (Lipinski definition) is 17. The lowest BCUT2D eigenvalue weighted by Gasteiger charge is -2.50. The highest BCUT2D eigenvalue weighted by molar-refractivity contribution is 9.10. The minimum atomic E-state index is -2.04. The highest BCUT2D eigenvalue weighted by Gasteiger charge is 2.55. The van der Waals surface area contributed by atoms with Gasteiger partial charge in [-0.1, -0.05) is 55.8 Å². The predicted octanol–water partition coefficient (Wildman–Crippen LogP) is 5.82. The second-order valence-corrected chi connectivity index (χ2v) is 22.3. The van der Waals surface area contributed by atoms with E-state index in [4.69, 9.17) is 37.9 Å². The summed E-state index contributed by atoms with van der Waals surface area (Å²) in [5, 5.41) is 35.2. The third kappa shape index (κ3) is 12.8. The number of H-pyrrole nitrogens is 1. The molecule has 4 heterocycles. The number of rotatable bonds is 11. The number of ketones is 1. The fourth-order valence-electron chi connectivity index (χ4n) is 11.0. The maximum atomic E-state index is 14.6. The van der Waals surface area contributed by atoms with Gasteiger partial charge < -0.3 is 63.1 Å². The van der Waals surface area contributed by atoms with Crippen LogP contribution in [0, 0.1) is 23.7 Å². The minimum Gasteiger partial charge on any atom is -0.459 e. The van der Waals surface area contributed by atoms with Gasteiger partial charge in [0.15, 0.2) is 18.7 Å². The number of likely N-dealkylation sites (N-methyl/N-ethyl adjacent to an activating group) is 1. The van der Waals surface area contributed by atoms with Crippen molar-refractivity contribution in [2.75, 3.05) is 28.3 Å². The van der Waals surface area contributed by atoms with Gasteiger partial charge in [-0.2, -0.15) is 0 Å². The van der Waals surface area contributed by atoms with Gasteiger partial charge in [-0.05, 0) is 105 Å². The van der Waals surface area contributed by atoms with Gasteiger partial charge in [0.25, 0.3) is 5.91 Å². The topological polar surface area (TPSA) is 259 Å². The van der Waals surface area contributed by atoms with Gasteiger partial charge >= 0.3 is 12.1 Å². The van der Waals surface area contributed by atoms with E-state index in [0.29, 0.717) is 23.3 Å². The normalized spacial score (nSPS) is 37.7. The summed E-state index contributed by atoms with van der Waals surface area (Å²) in [6.07, 6.45) is -11.2. The lowest BCUT2D eigenvalue weighted by molar-refractivity contribution is -0.319. The molecule has 1 aromatic heterocycles. The number of aliphatic hydroxyl groups excluding tert-OH is 2. The van der Waals surface area contributed by atoms with E-state index in [0.717, 1.165) is 10.0 Å². The summed E-state index contributed by atoms with van der Waals surface area (Å²) < 4.78 is 51.8. The molecule has 412 valence electrons. The van der Waals surface area contributed by atoms with Crippen LogP contribution in [0.2, 0.25) is 0 Å². The average molecular weight is 1110 g/mol. The monoisotopic (exact) mass is 1100 g/mol. The zero-order valence-electron chi connectivity index (χ0n) is 45.0. The molecule has 3 fully saturated rings. The fraction of sp³-hybridized carbons (Fsp3) is 0.679. The number of nitrogens with zero attached hydrogens (tertiary/aromatic N) is 2. The van der Waals surface area contributed by atoms with Crippen LogP contribution < -0.4 is 10.9 Å². The van der Waals surface area contributed by atoms with Gasteiger partial charge in [-0.3, -0.25) is 19.8 Å². The number of aromatic amines is 1. The molecule has 0 saturated carbocycles. The molecule has 21 heteroatoms. The second-order valence-electron chi connectivity index (χ2n) is 21.4. The Balaban J connectivity index is 1.26. The summed E-state index contributed by atoms with van der Waals surface area (Å²) in [7, 11) is 6.64. The van der Waals surface area contributed by atoms with Crippen molar-refractivity contribution in [3.05, 3.63) is 52.5 Å². The largest absolute Gasteiger partial charge is 0.459 e. The van der Waals surface area contributed by atoms with Crippen molar-refractivity contribution in [3.8, 4) is 11.4 Å². The number of aromatic nitrogens is 2.